The summed E-state index contributed by atoms with van der Waals surface area (Å²) in [4.78, 5) is 4.97. The Labute approximate surface area is 171 Å². The number of nitrogens with zero attached hydrogens (tertiary/aromatic N) is 3. The number of hydrogen-bond donors (Lipinski definition) is 3. The van der Waals surface area contributed by atoms with Crippen molar-refractivity contribution in [3.8, 4) is 11.6 Å². The Balaban J connectivity index is 1.74. The molecule has 0 amide bonds. The van der Waals surface area contributed by atoms with Crippen LogP contribution >= 0.6 is 0 Å². The third-order valence-corrected chi connectivity index (χ3v) is 5.80. The molecule has 0 aromatic carbocycles. The molecule has 1 fully saturated rings. The maximum absolute atomic E-state index is 9.44. The molecule has 0 spiro atoms. The molecule has 2 aromatic heterocycles. The van der Waals surface area contributed by atoms with Crippen molar-refractivity contribution in [1.82, 2.24) is 20.5 Å². The van der Waals surface area contributed by atoms with E-state index in [9.17, 15) is 5.11 Å². The van der Waals surface area contributed by atoms with Crippen LogP contribution in [0.3, 0.4) is 0 Å². The number of aryl methyl sites for hydroxylation is 1. The van der Waals surface area contributed by atoms with E-state index in [1.165, 1.54) is 10.8 Å². The van der Waals surface area contributed by atoms with Gasteiger partial charge in [-0.25, -0.2) is 4.98 Å². The summed E-state index contributed by atoms with van der Waals surface area (Å²) < 4.78 is 5.83. The van der Waals surface area contributed by atoms with Crippen LogP contribution in [0.5, 0.6) is 0 Å². The van der Waals surface area contributed by atoms with Gasteiger partial charge in [-0.2, -0.15) is 0 Å². The van der Waals surface area contributed by atoms with E-state index in [-0.39, 0.29) is 17.6 Å². The molecule has 7 nitrogen and oxygen atoms in total. The molecule has 2 aliphatic carbocycles. The average molecular weight is 398 g/mol. The Kier molecular flexibility index (Phi) is 5.21. The monoisotopic (exact) mass is 397 g/mol. The summed E-state index contributed by atoms with van der Waals surface area (Å²) in [6, 6.07) is 2.92. The maximum atomic E-state index is 9.44. The van der Waals surface area contributed by atoms with E-state index in [4.69, 9.17) is 9.40 Å². The highest BCUT2D eigenvalue weighted by atomic mass is 16.4. The molecule has 0 bridgehead atoms. The fourth-order valence-electron chi connectivity index (χ4n) is 4.13. The summed E-state index contributed by atoms with van der Waals surface area (Å²) >= 11 is 0. The topological polar surface area (TPSA) is 96.1 Å². The van der Waals surface area contributed by atoms with Crippen molar-refractivity contribution in [3.05, 3.63) is 22.2 Å². The van der Waals surface area contributed by atoms with Crippen LogP contribution < -0.4 is 21.2 Å². The van der Waals surface area contributed by atoms with Crippen LogP contribution in [0, 0.1) is 12.3 Å². The minimum absolute atomic E-state index is 0.0152. The van der Waals surface area contributed by atoms with Crippen molar-refractivity contribution < 1.29 is 9.52 Å². The van der Waals surface area contributed by atoms with Gasteiger partial charge in [0, 0.05) is 17.3 Å². The van der Waals surface area contributed by atoms with E-state index < -0.39 is 0 Å². The number of nitrogens with one attached hydrogen (secondary N) is 2. The molecular formula is C22H31N5O2. The van der Waals surface area contributed by atoms with Gasteiger partial charge in [0.2, 0.25) is 0 Å². The first kappa shape index (κ1) is 20.0. The number of aliphatic hydroxyl groups excluding tert-OH is 1. The van der Waals surface area contributed by atoms with E-state index in [1.807, 2.05) is 6.07 Å². The standard InChI is InChI=1S/C22H31N5O2/c1-6-23-13-10-16-12(2)7-18(25-19(16)17(11-13)22(3,4)5)20-26-27-21(29-20)24-14-8-15(28)9-14/h7,10,13-15,23,28H,6,8-9,11H2,1-5H3,(H,24,27)/t13?,14-,15+. The number of fused-ring (bicyclic) bond motifs is 1. The fraction of sp³-hybridized carbons (Fsp3) is 0.591. The van der Waals surface area contributed by atoms with E-state index in [2.05, 4.69) is 61.5 Å². The summed E-state index contributed by atoms with van der Waals surface area (Å²) in [5.41, 5.74) is 3.21. The Morgan fingerprint density at radius 2 is 2.00 bits per heavy atom. The number of hydrogen-bond acceptors (Lipinski definition) is 7. The second-order valence-electron chi connectivity index (χ2n) is 9.23. The lowest BCUT2D eigenvalue weighted by atomic mass is 9.79. The predicted octanol–water partition coefficient (Wildman–Crippen LogP) is 1.73. The summed E-state index contributed by atoms with van der Waals surface area (Å²) in [6.45, 7) is 11.9. The third kappa shape index (κ3) is 4.07. The first-order valence-electron chi connectivity index (χ1n) is 10.5. The predicted molar refractivity (Wildman–Crippen MR) is 114 cm³/mol. The summed E-state index contributed by atoms with van der Waals surface area (Å²) in [7, 11) is 0. The molecule has 2 aliphatic rings. The van der Waals surface area contributed by atoms with Gasteiger partial charge in [-0.05, 0) is 55.3 Å². The quantitative estimate of drug-likeness (QED) is 0.707. The van der Waals surface area contributed by atoms with Crippen molar-refractivity contribution in [1.29, 1.82) is 0 Å². The molecule has 1 atom stereocenters. The molecule has 3 N–H and O–H groups in total. The Morgan fingerprint density at radius 1 is 1.24 bits per heavy atom. The average Bonchev–Trinajstić information content (AvgIpc) is 3.08. The van der Waals surface area contributed by atoms with Crippen LogP contribution in [0.25, 0.3) is 23.2 Å². The van der Waals surface area contributed by atoms with E-state index in [0.717, 1.165) is 23.9 Å². The van der Waals surface area contributed by atoms with Gasteiger partial charge in [-0.1, -0.05) is 38.9 Å². The molecule has 0 aliphatic heterocycles. The molecule has 29 heavy (non-hydrogen) atoms. The first-order valence-corrected chi connectivity index (χ1v) is 10.5. The zero-order chi connectivity index (χ0) is 20.8. The van der Waals surface area contributed by atoms with Gasteiger partial charge in [0.05, 0.1) is 11.5 Å². The summed E-state index contributed by atoms with van der Waals surface area (Å²) in [5, 5.41) is 26.7. The maximum Gasteiger partial charge on any atom is 0.316 e. The van der Waals surface area contributed by atoms with E-state index >= 15 is 0 Å². The van der Waals surface area contributed by atoms with Crippen LogP contribution in [-0.2, 0) is 0 Å². The van der Waals surface area contributed by atoms with Crippen molar-refractivity contribution in [3.63, 3.8) is 0 Å². The summed E-state index contributed by atoms with van der Waals surface area (Å²) in [6.07, 6.45) is 4.43. The normalized spacial score (nSPS) is 23.9. The van der Waals surface area contributed by atoms with Crippen molar-refractivity contribution in [2.75, 3.05) is 11.9 Å². The van der Waals surface area contributed by atoms with Gasteiger partial charge in [0.25, 0.3) is 5.89 Å². The van der Waals surface area contributed by atoms with Crippen LogP contribution in [0.1, 0.15) is 52.5 Å². The zero-order valence-corrected chi connectivity index (χ0v) is 17.9. The molecule has 1 unspecified atom stereocenters. The van der Waals surface area contributed by atoms with Gasteiger partial charge in [-0.3, -0.25) is 0 Å². The zero-order valence-electron chi connectivity index (χ0n) is 17.9. The van der Waals surface area contributed by atoms with Crippen molar-refractivity contribution in [2.24, 2.45) is 5.41 Å². The Hall–Kier alpha value is -2.25. The van der Waals surface area contributed by atoms with E-state index in [0.29, 0.717) is 36.5 Å². The summed E-state index contributed by atoms with van der Waals surface area (Å²) in [5.74, 6) is 0.417. The molecule has 0 saturated heterocycles. The molecular weight excluding hydrogens is 366 g/mol. The van der Waals surface area contributed by atoms with Crippen LogP contribution in [-0.4, -0.2) is 45.0 Å². The number of pyridine rings is 1. The number of anilines is 1. The molecule has 0 radical (unpaired) electrons. The second-order valence-corrected chi connectivity index (χ2v) is 9.23. The Bertz CT molecular complexity index is 1010. The smallest absolute Gasteiger partial charge is 0.316 e. The number of aliphatic hydroxyl groups is 1. The lowest BCUT2D eigenvalue weighted by Crippen LogP contribution is -2.44. The third-order valence-electron chi connectivity index (χ3n) is 5.80. The largest absolute Gasteiger partial charge is 0.402 e. The minimum atomic E-state index is -0.228. The number of aromatic nitrogens is 3. The van der Waals surface area contributed by atoms with Crippen molar-refractivity contribution in [2.45, 2.75) is 72.1 Å². The highest BCUT2D eigenvalue weighted by Gasteiger charge is 2.29. The van der Waals surface area contributed by atoms with Gasteiger partial charge >= 0.3 is 6.01 Å². The Morgan fingerprint density at radius 3 is 2.66 bits per heavy atom. The second kappa shape index (κ2) is 7.54. The molecule has 2 heterocycles. The van der Waals surface area contributed by atoms with Crippen LogP contribution in [0.4, 0.5) is 6.01 Å². The van der Waals surface area contributed by atoms with Gasteiger partial charge < -0.3 is 20.2 Å². The molecule has 156 valence electrons. The van der Waals surface area contributed by atoms with Gasteiger partial charge in [-0.15, -0.1) is 5.10 Å². The lowest BCUT2D eigenvalue weighted by molar-refractivity contribution is 0.0828. The van der Waals surface area contributed by atoms with Gasteiger partial charge in [0.15, 0.2) is 0 Å². The highest BCUT2D eigenvalue weighted by Crippen LogP contribution is 2.31. The lowest BCUT2D eigenvalue weighted by Gasteiger charge is -2.31. The number of rotatable bonds is 5. The van der Waals surface area contributed by atoms with Crippen molar-refractivity contribution >= 4 is 17.7 Å². The van der Waals surface area contributed by atoms with Gasteiger partial charge in [0.1, 0.15) is 5.69 Å². The first-order chi connectivity index (χ1) is 13.7. The minimum Gasteiger partial charge on any atom is -0.402 e. The SMILES string of the molecule is CCNC1C=c2c(C)cc(-c3nnc(N[C@H]4C[C@@H](O)C4)o3)nc2=C(C(C)(C)C)C1. The fourth-order valence-corrected chi connectivity index (χ4v) is 4.13. The van der Waals surface area contributed by atoms with E-state index in [1.54, 1.807) is 0 Å². The molecule has 7 heteroatoms. The highest BCUT2D eigenvalue weighted by molar-refractivity contribution is 5.60. The van der Waals surface area contributed by atoms with Crippen LogP contribution in [0.15, 0.2) is 10.5 Å². The molecule has 4 rings (SSSR count). The van der Waals surface area contributed by atoms with Crippen LogP contribution in [0.2, 0.25) is 0 Å². The molecule has 1 saturated carbocycles. The molecule has 2 aromatic rings.